The standard InChI is InChI=1S/C22H26F3N5O3/c1-15-19(16(2)28(3)27-15)8-9-21(32)30-12-10-29(11-13-30)14-20(31)26-17-4-6-18(7-5-17)33-22(23,24)25/h4-9H,10-14H2,1-3H3,(H,26,31)/b9-8+. The van der Waals surface area contributed by atoms with E-state index in [9.17, 15) is 22.8 Å². The topological polar surface area (TPSA) is 79.7 Å². The molecule has 0 spiro atoms. The molecule has 0 aliphatic carbocycles. The largest absolute Gasteiger partial charge is 0.573 e. The molecule has 2 aromatic rings. The maximum Gasteiger partial charge on any atom is 0.573 e. The molecule has 11 heteroatoms. The Balaban J connectivity index is 1.44. The van der Waals surface area contributed by atoms with E-state index in [1.165, 1.54) is 12.1 Å². The Morgan fingerprint density at radius 1 is 1.12 bits per heavy atom. The Kier molecular flexibility index (Phi) is 7.42. The fourth-order valence-electron chi connectivity index (χ4n) is 3.56. The van der Waals surface area contributed by atoms with Crippen LogP contribution in [0.5, 0.6) is 5.75 Å². The number of rotatable bonds is 6. The molecule has 33 heavy (non-hydrogen) atoms. The van der Waals surface area contributed by atoms with Crippen molar-refractivity contribution in [2.45, 2.75) is 20.2 Å². The van der Waals surface area contributed by atoms with Gasteiger partial charge in [-0.05, 0) is 44.2 Å². The van der Waals surface area contributed by atoms with Crippen molar-refractivity contribution in [3.05, 3.63) is 47.3 Å². The monoisotopic (exact) mass is 465 g/mol. The number of nitrogens with zero attached hydrogens (tertiary/aromatic N) is 4. The summed E-state index contributed by atoms with van der Waals surface area (Å²) in [5.41, 5.74) is 3.14. The van der Waals surface area contributed by atoms with Crippen LogP contribution in [0.2, 0.25) is 0 Å². The minimum absolute atomic E-state index is 0.0945. The quantitative estimate of drug-likeness (QED) is 0.664. The molecule has 1 aromatic carbocycles. The van der Waals surface area contributed by atoms with E-state index in [0.717, 1.165) is 29.1 Å². The lowest BCUT2D eigenvalue weighted by Crippen LogP contribution is -2.50. The number of nitrogens with one attached hydrogen (secondary N) is 1. The molecule has 1 N–H and O–H groups in total. The second-order valence-electron chi connectivity index (χ2n) is 7.76. The third kappa shape index (κ3) is 6.82. The second kappa shape index (κ2) is 10.1. The van der Waals surface area contributed by atoms with Crippen LogP contribution >= 0.6 is 0 Å². The van der Waals surface area contributed by atoms with Crippen molar-refractivity contribution in [2.24, 2.45) is 7.05 Å². The van der Waals surface area contributed by atoms with Gasteiger partial charge in [0.25, 0.3) is 0 Å². The molecule has 1 aliphatic rings. The van der Waals surface area contributed by atoms with Gasteiger partial charge >= 0.3 is 6.36 Å². The molecule has 1 aromatic heterocycles. The van der Waals surface area contributed by atoms with Crippen LogP contribution < -0.4 is 10.1 Å². The predicted molar refractivity (Wildman–Crippen MR) is 116 cm³/mol. The van der Waals surface area contributed by atoms with Gasteiger partial charge in [0.15, 0.2) is 0 Å². The number of aryl methyl sites for hydroxylation is 2. The molecule has 3 rings (SSSR count). The number of hydrogen-bond acceptors (Lipinski definition) is 5. The highest BCUT2D eigenvalue weighted by Crippen LogP contribution is 2.24. The van der Waals surface area contributed by atoms with Crippen molar-refractivity contribution in [1.82, 2.24) is 19.6 Å². The molecule has 1 saturated heterocycles. The highest BCUT2D eigenvalue weighted by Gasteiger charge is 2.31. The normalized spacial score (nSPS) is 15.2. The molecular weight excluding hydrogens is 439 g/mol. The third-order valence-corrected chi connectivity index (χ3v) is 5.38. The van der Waals surface area contributed by atoms with Crippen molar-refractivity contribution in [3.63, 3.8) is 0 Å². The Bertz CT molecular complexity index is 1020. The van der Waals surface area contributed by atoms with Crippen LogP contribution in [0.1, 0.15) is 17.0 Å². The number of halogens is 3. The number of alkyl halides is 3. The van der Waals surface area contributed by atoms with E-state index in [2.05, 4.69) is 15.2 Å². The van der Waals surface area contributed by atoms with Gasteiger partial charge in [0.05, 0.1) is 12.2 Å². The summed E-state index contributed by atoms with van der Waals surface area (Å²) >= 11 is 0. The van der Waals surface area contributed by atoms with Gasteiger partial charge in [0.2, 0.25) is 11.8 Å². The van der Waals surface area contributed by atoms with Crippen LogP contribution in [0, 0.1) is 13.8 Å². The number of piperazine rings is 1. The van der Waals surface area contributed by atoms with Gasteiger partial charge in [-0.2, -0.15) is 5.10 Å². The summed E-state index contributed by atoms with van der Waals surface area (Å²) in [7, 11) is 1.86. The van der Waals surface area contributed by atoms with Gasteiger partial charge in [-0.25, -0.2) is 0 Å². The summed E-state index contributed by atoms with van der Waals surface area (Å²) in [6.07, 6.45) is -1.43. The van der Waals surface area contributed by atoms with Gasteiger partial charge < -0.3 is 15.0 Å². The molecule has 178 valence electrons. The third-order valence-electron chi connectivity index (χ3n) is 5.38. The van der Waals surface area contributed by atoms with E-state index in [0.29, 0.717) is 31.9 Å². The lowest BCUT2D eigenvalue weighted by Gasteiger charge is -2.33. The van der Waals surface area contributed by atoms with E-state index in [1.54, 1.807) is 21.7 Å². The molecular formula is C22H26F3N5O3. The van der Waals surface area contributed by atoms with E-state index in [4.69, 9.17) is 0 Å². The first-order valence-corrected chi connectivity index (χ1v) is 10.4. The molecule has 1 fully saturated rings. The number of carbonyl (C=O) groups excluding carboxylic acids is 2. The van der Waals surface area contributed by atoms with Gasteiger partial charge in [-0.15, -0.1) is 13.2 Å². The zero-order valence-electron chi connectivity index (χ0n) is 18.6. The molecule has 8 nitrogen and oxygen atoms in total. The molecule has 0 saturated carbocycles. The molecule has 0 radical (unpaired) electrons. The van der Waals surface area contributed by atoms with Crippen LogP contribution in [0.25, 0.3) is 6.08 Å². The van der Waals surface area contributed by atoms with E-state index < -0.39 is 6.36 Å². The first kappa shape index (κ1) is 24.3. The highest BCUT2D eigenvalue weighted by atomic mass is 19.4. The van der Waals surface area contributed by atoms with Crippen molar-refractivity contribution in [1.29, 1.82) is 0 Å². The van der Waals surface area contributed by atoms with Crippen LogP contribution in [0.4, 0.5) is 18.9 Å². The van der Waals surface area contributed by atoms with Gasteiger partial charge in [-0.1, -0.05) is 0 Å². The summed E-state index contributed by atoms with van der Waals surface area (Å²) in [5, 5.41) is 6.98. The van der Waals surface area contributed by atoms with Crippen molar-refractivity contribution in [2.75, 3.05) is 38.0 Å². The lowest BCUT2D eigenvalue weighted by molar-refractivity contribution is -0.274. The predicted octanol–water partition coefficient (Wildman–Crippen LogP) is 2.73. The van der Waals surface area contributed by atoms with Crippen LogP contribution in [-0.2, 0) is 16.6 Å². The molecule has 0 unspecified atom stereocenters. The van der Waals surface area contributed by atoms with E-state index >= 15 is 0 Å². The van der Waals surface area contributed by atoms with Gasteiger partial charge in [0, 0.05) is 56.2 Å². The van der Waals surface area contributed by atoms with Crippen LogP contribution in [0.3, 0.4) is 0 Å². The second-order valence-corrected chi connectivity index (χ2v) is 7.76. The Morgan fingerprint density at radius 3 is 2.30 bits per heavy atom. The Labute approximate surface area is 189 Å². The highest BCUT2D eigenvalue weighted by molar-refractivity contribution is 5.93. The van der Waals surface area contributed by atoms with Crippen molar-refractivity contribution >= 4 is 23.6 Å². The molecule has 1 aliphatic heterocycles. The summed E-state index contributed by atoms with van der Waals surface area (Å²) in [4.78, 5) is 28.4. The summed E-state index contributed by atoms with van der Waals surface area (Å²) in [6, 6.07) is 4.95. The molecule has 2 heterocycles. The van der Waals surface area contributed by atoms with Gasteiger partial charge in [-0.3, -0.25) is 19.2 Å². The number of ether oxygens (including phenoxy) is 1. The maximum atomic E-state index is 12.5. The Hall–Kier alpha value is -3.34. The lowest BCUT2D eigenvalue weighted by atomic mass is 10.2. The number of amides is 2. The average Bonchev–Trinajstić information content (AvgIpc) is 2.98. The van der Waals surface area contributed by atoms with Crippen molar-refractivity contribution in [3.8, 4) is 5.75 Å². The number of hydrogen-bond donors (Lipinski definition) is 1. The SMILES string of the molecule is Cc1nn(C)c(C)c1/C=C/C(=O)N1CCN(CC(=O)Nc2ccc(OC(F)(F)F)cc2)CC1. The molecule has 2 amide bonds. The van der Waals surface area contributed by atoms with Crippen LogP contribution in [0.15, 0.2) is 30.3 Å². The minimum atomic E-state index is -4.76. The summed E-state index contributed by atoms with van der Waals surface area (Å²) < 4.78 is 42.2. The first-order chi connectivity index (χ1) is 15.5. The number of anilines is 1. The zero-order valence-corrected chi connectivity index (χ0v) is 18.6. The zero-order chi connectivity index (χ0) is 24.2. The smallest absolute Gasteiger partial charge is 0.406 e. The Morgan fingerprint density at radius 2 is 1.76 bits per heavy atom. The molecule has 0 atom stereocenters. The van der Waals surface area contributed by atoms with E-state index in [1.807, 2.05) is 25.8 Å². The first-order valence-electron chi connectivity index (χ1n) is 10.4. The summed E-state index contributed by atoms with van der Waals surface area (Å²) in [6.45, 7) is 6.01. The fraction of sp³-hybridized carbons (Fsp3) is 0.409. The van der Waals surface area contributed by atoms with Crippen molar-refractivity contribution < 1.29 is 27.5 Å². The summed E-state index contributed by atoms with van der Waals surface area (Å²) in [5.74, 6) is -0.742. The van der Waals surface area contributed by atoms with Crippen LogP contribution in [-0.4, -0.2) is 70.5 Å². The fourth-order valence-corrected chi connectivity index (χ4v) is 3.56. The average molecular weight is 465 g/mol. The maximum absolute atomic E-state index is 12.5. The number of carbonyl (C=O) groups is 2. The number of benzene rings is 1. The molecule has 0 bridgehead atoms. The van der Waals surface area contributed by atoms with E-state index in [-0.39, 0.29) is 24.1 Å². The van der Waals surface area contributed by atoms with Gasteiger partial charge in [0.1, 0.15) is 5.75 Å². The minimum Gasteiger partial charge on any atom is -0.406 e. The number of aromatic nitrogens is 2.